The minimum Gasteiger partial charge on any atom is -0.481 e. The summed E-state index contributed by atoms with van der Waals surface area (Å²) in [6.45, 7) is 3.53. The number of aliphatic carboxylic acids is 1. The van der Waals surface area contributed by atoms with Crippen molar-refractivity contribution in [3.63, 3.8) is 0 Å². The van der Waals surface area contributed by atoms with E-state index in [0.29, 0.717) is 0 Å². The van der Waals surface area contributed by atoms with Crippen molar-refractivity contribution in [1.82, 2.24) is 5.32 Å². The Labute approximate surface area is 122 Å². The van der Waals surface area contributed by atoms with Gasteiger partial charge in [0, 0.05) is 11.6 Å². The molecule has 1 aromatic rings. The lowest BCUT2D eigenvalue weighted by molar-refractivity contribution is -0.137. The highest BCUT2D eigenvalue weighted by Gasteiger charge is 2.21. The molecule has 8 heteroatoms. The van der Waals surface area contributed by atoms with E-state index in [1.165, 1.54) is 12.1 Å². The fraction of sp³-hybridized carbons (Fsp3) is 0.385. The van der Waals surface area contributed by atoms with Crippen molar-refractivity contribution in [2.24, 2.45) is 5.92 Å². The lowest BCUT2D eigenvalue weighted by Gasteiger charge is -2.20. The first-order valence-corrected chi connectivity index (χ1v) is 7.65. The second-order valence-electron chi connectivity index (χ2n) is 4.92. The number of amides is 1. The number of nitrogens with one attached hydrogen (secondary N) is 1. The van der Waals surface area contributed by atoms with Gasteiger partial charge >= 0.3 is 5.97 Å². The van der Waals surface area contributed by atoms with Gasteiger partial charge in [-0.05, 0) is 24.1 Å². The number of carbonyl (C=O) groups excluding carboxylic acids is 1. The molecule has 0 radical (unpaired) electrons. The maximum absolute atomic E-state index is 12.0. The Morgan fingerprint density at radius 3 is 2.38 bits per heavy atom. The number of carboxylic acid groups (broad SMARTS) is 1. The van der Waals surface area contributed by atoms with E-state index >= 15 is 0 Å². The van der Waals surface area contributed by atoms with Crippen LogP contribution in [0.3, 0.4) is 0 Å². The quantitative estimate of drug-likeness (QED) is 0.677. The summed E-state index contributed by atoms with van der Waals surface area (Å²) in [4.78, 5) is 22.4. The van der Waals surface area contributed by atoms with Crippen LogP contribution in [0.2, 0.25) is 0 Å². The lowest BCUT2D eigenvalue weighted by Crippen LogP contribution is -2.40. The zero-order valence-electron chi connectivity index (χ0n) is 11.6. The van der Waals surface area contributed by atoms with E-state index in [0.717, 1.165) is 12.1 Å². The predicted molar refractivity (Wildman–Crippen MR) is 74.6 cm³/mol. The average molecular weight is 315 g/mol. The zero-order chi connectivity index (χ0) is 16.2. The largest absolute Gasteiger partial charge is 0.481 e. The van der Waals surface area contributed by atoms with Crippen LogP contribution in [0.15, 0.2) is 29.2 Å². The van der Waals surface area contributed by atoms with Crippen LogP contribution in [0.4, 0.5) is 0 Å². The molecule has 0 aliphatic heterocycles. The van der Waals surface area contributed by atoms with Gasteiger partial charge in [0.05, 0.1) is 11.3 Å². The molecule has 0 saturated heterocycles. The average Bonchev–Trinajstić information content (AvgIpc) is 2.36. The number of carbonyl (C=O) groups is 2. The van der Waals surface area contributed by atoms with Crippen LogP contribution in [-0.2, 0) is 14.9 Å². The van der Waals surface area contributed by atoms with Crippen molar-refractivity contribution < 1.29 is 27.7 Å². The summed E-state index contributed by atoms with van der Waals surface area (Å²) in [5.74, 6) is -1.74. The van der Waals surface area contributed by atoms with E-state index < -0.39 is 32.9 Å². The van der Waals surface area contributed by atoms with Crippen LogP contribution in [0.5, 0.6) is 0 Å². The van der Waals surface area contributed by atoms with Gasteiger partial charge in [0.25, 0.3) is 16.0 Å². The van der Waals surface area contributed by atoms with Gasteiger partial charge < -0.3 is 10.4 Å². The molecule has 0 heterocycles. The molecule has 116 valence electrons. The van der Waals surface area contributed by atoms with E-state index in [1.807, 2.05) is 0 Å². The molecule has 21 heavy (non-hydrogen) atoms. The minimum atomic E-state index is -4.40. The fourth-order valence-corrected chi connectivity index (χ4v) is 2.22. The highest BCUT2D eigenvalue weighted by atomic mass is 32.2. The molecule has 1 unspecified atom stereocenters. The van der Waals surface area contributed by atoms with Crippen LogP contribution in [0, 0.1) is 5.92 Å². The number of hydrogen-bond donors (Lipinski definition) is 3. The summed E-state index contributed by atoms with van der Waals surface area (Å²) >= 11 is 0. The molecular formula is C13H17NO6S. The normalized spacial score (nSPS) is 13.0. The number of rotatable bonds is 6. The topological polar surface area (TPSA) is 121 Å². The third-order valence-electron chi connectivity index (χ3n) is 2.91. The molecule has 0 fully saturated rings. The Morgan fingerprint density at radius 2 is 1.90 bits per heavy atom. The molecule has 3 N–H and O–H groups in total. The molecule has 0 aliphatic rings. The molecule has 0 aliphatic carbocycles. The van der Waals surface area contributed by atoms with Crippen LogP contribution in [0.25, 0.3) is 0 Å². The van der Waals surface area contributed by atoms with Crippen LogP contribution in [-0.4, -0.2) is 36.0 Å². The third-order valence-corrected chi connectivity index (χ3v) is 3.76. The molecule has 1 aromatic carbocycles. The summed E-state index contributed by atoms with van der Waals surface area (Å²) in [5.41, 5.74) is 0.0289. The van der Waals surface area contributed by atoms with Crippen molar-refractivity contribution in [1.29, 1.82) is 0 Å². The molecule has 1 amide bonds. The van der Waals surface area contributed by atoms with Gasteiger partial charge in [-0.3, -0.25) is 14.1 Å². The maximum atomic E-state index is 12.0. The Kier molecular flexibility index (Phi) is 5.45. The van der Waals surface area contributed by atoms with Crippen LogP contribution < -0.4 is 5.32 Å². The van der Waals surface area contributed by atoms with Gasteiger partial charge in [0.2, 0.25) is 0 Å². The second-order valence-corrected chi connectivity index (χ2v) is 6.35. The van der Waals surface area contributed by atoms with Crippen molar-refractivity contribution in [3.05, 3.63) is 29.8 Å². The summed E-state index contributed by atoms with van der Waals surface area (Å²) in [6.07, 6.45) is -0.235. The monoisotopic (exact) mass is 315 g/mol. The Hall–Kier alpha value is -1.93. The number of hydrogen-bond acceptors (Lipinski definition) is 4. The SMILES string of the molecule is CC(C)C(CC(=O)O)NC(=O)c1cccc(S(=O)(=O)O)c1. The smallest absolute Gasteiger partial charge is 0.305 e. The van der Waals surface area contributed by atoms with Crippen LogP contribution in [0.1, 0.15) is 30.6 Å². The van der Waals surface area contributed by atoms with Gasteiger partial charge in [-0.2, -0.15) is 8.42 Å². The summed E-state index contributed by atoms with van der Waals surface area (Å²) in [5, 5.41) is 11.3. The van der Waals surface area contributed by atoms with E-state index in [4.69, 9.17) is 9.66 Å². The van der Waals surface area contributed by atoms with Gasteiger partial charge in [-0.25, -0.2) is 0 Å². The minimum absolute atomic E-state index is 0.0289. The van der Waals surface area contributed by atoms with E-state index in [9.17, 15) is 18.0 Å². The molecular weight excluding hydrogens is 298 g/mol. The fourth-order valence-electron chi connectivity index (χ4n) is 1.69. The first kappa shape index (κ1) is 17.1. The van der Waals surface area contributed by atoms with Gasteiger partial charge in [-0.1, -0.05) is 19.9 Å². The molecule has 0 aromatic heterocycles. The van der Waals surface area contributed by atoms with E-state index in [2.05, 4.69) is 5.32 Å². The van der Waals surface area contributed by atoms with Crippen LogP contribution >= 0.6 is 0 Å². The highest BCUT2D eigenvalue weighted by Crippen LogP contribution is 2.13. The second kappa shape index (κ2) is 6.68. The number of benzene rings is 1. The van der Waals surface area contributed by atoms with E-state index in [1.54, 1.807) is 13.8 Å². The number of carboxylic acids is 1. The molecule has 1 rings (SSSR count). The summed E-state index contributed by atoms with van der Waals surface area (Å²) < 4.78 is 31.0. The maximum Gasteiger partial charge on any atom is 0.305 e. The van der Waals surface area contributed by atoms with Gasteiger partial charge in [0.15, 0.2) is 0 Å². The molecule has 0 spiro atoms. The van der Waals surface area contributed by atoms with Crippen molar-refractivity contribution >= 4 is 22.0 Å². The van der Waals surface area contributed by atoms with Gasteiger partial charge in [0.1, 0.15) is 0 Å². The first-order chi connectivity index (χ1) is 9.61. The Balaban J connectivity index is 2.95. The lowest BCUT2D eigenvalue weighted by atomic mass is 10.0. The van der Waals surface area contributed by atoms with Crippen molar-refractivity contribution in [2.75, 3.05) is 0 Å². The Bertz CT molecular complexity index is 638. The summed E-state index contributed by atoms with van der Waals surface area (Å²) in [7, 11) is -4.40. The standard InChI is InChI=1S/C13H17NO6S/c1-8(2)11(7-12(15)16)14-13(17)9-4-3-5-10(6-9)21(18,19)20/h3-6,8,11H,7H2,1-2H3,(H,14,17)(H,15,16)(H,18,19,20). The molecule has 0 bridgehead atoms. The zero-order valence-corrected chi connectivity index (χ0v) is 12.4. The van der Waals surface area contributed by atoms with Gasteiger partial charge in [-0.15, -0.1) is 0 Å². The summed E-state index contributed by atoms with van der Waals surface area (Å²) in [6, 6.07) is 4.30. The highest BCUT2D eigenvalue weighted by molar-refractivity contribution is 7.85. The molecule has 0 saturated carbocycles. The van der Waals surface area contributed by atoms with Crippen molar-refractivity contribution in [3.8, 4) is 0 Å². The molecule has 1 atom stereocenters. The van der Waals surface area contributed by atoms with E-state index in [-0.39, 0.29) is 17.9 Å². The van der Waals surface area contributed by atoms with Crippen molar-refractivity contribution in [2.45, 2.75) is 31.2 Å². The third kappa shape index (κ3) is 5.16. The molecule has 7 nitrogen and oxygen atoms in total. The first-order valence-electron chi connectivity index (χ1n) is 6.21. The predicted octanol–water partition coefficient (Wildman–Crippen LogP) is 1.16. The Morgan fingerprint density at radius 1 is 1.29 bits per heavy atom.